The average Bonchev–Trinajstić information content (AvgIpc) is 2.10. The lowest BCUT2D eigenvalue weighted by Gasteiger charge is -2.16. The molecule has 12 heavy (non-hydrogen) atoms. The topological polar surface area (TPSA) is 27.7 Å². The molecule has 0 amide bonds. The van der Waals surface area contributed by atoms with Gasteiger partial charge in [0.15, 0.2) is 5.91 Å². The minimum Gasteiger partial charge on any atom is -0.421 e. The van der Waals surface area contributed by atoms with E-state index in [1.165, 1.54) is 0 Å². The molecule has 4 heteroatoms. The van der Waals surface area contributed by atoms with Crippen LogP contribution >= 0.6 is 0 Å². The zero-order chi connectivity index (χ0) is 9.23. The Balaban J connectivity index is 3.40. The molecule has 0 saturated carbocycles. The van der Waals surface area contributed by atoms with Crippen molar-refractivity contribution in [3.63, 3.8) is 0 Å². The molecule has 0 bridgehead atoms. The standard InChI is InChI=1S/C8H20O3Si/c1-4-6-10-8(12-9-3)11-7-5-2/h8H,4-7,12H2,1-3H3. The summed E-state index contributed by atoms with van der Waals surface area (Å²) in [6.07, 6.45) is 2.06. The maximum atomic E-state index is 5.45. The molecule has 0 aliphatic heterocycles. The lowest BCUT2D eigenvalue weighted by Crippen LogP contribution is -2.26. The van der Waals surface area contributed by atoms with Crippen LogP contribution in [0.25, 0.3) is 0 Å². The predicted octanol–water partition coefficient (Wildman–Crippen LogP) is 0.853. The highest BCUT2D eigenvalue weighted by molar-refractivity contribution is 6.28. The van der Waals surface area contributed by atoms with Gasteiger partial charge < -0.3 is 13.9 Å². The van der Waals surface area contributed by atoms with Crippen LogP contribution in [0.5, 0.6) is 0 Å². The molecule has 0 aromatic rings. The fraction of sp³-hybridized carbons (Fsp3) is 1.00. The molecule has 0 rings (SSSR count). The Morgan fingerprint density at radius 3 is 1.92 bits per heavy atom. The van der Waals surface area contributed by atoms with Crippen LogP contribution in [0.1, 0.15) is 26.7 Å². The van der Waals surface area contributed by atoms with Gasteiger partial charge in [0.05, 0.1) is 0 Å². The van der Waals surface area contributed by atoms with Crippen molar-refractivity contribution in [3.05, 3.63) is 0 Å². The smallest absolute Gasteiger partial charge is 0.223 e. The highest BCUT2D eigenvalue weighted by atomic mass is 28.2. The van der Waals surface area contributed by atoms with E-state index >= 15 is 0 Å². The first-order valence-corrected chi connectivity index (χ1v) is 5.96. The highest BCUT2D eigenvalue weighted by Gasteiger charge is 2.08. The maximum absolute atomic E-state index is 5.45. The Morgan fingerprint density at radius 1 is 1.08 bits per heavy atom. The Bertz CT molecular complexity index is 82.4. The summed E-state index contributed by atoms with van der Waals surface area (Å²) >= 11 is 0. The normalized spacial score (nSPS) is 12.0. The molecule has 0 saturated heterocycles. The number of ether oxygens (including phenoxy) is 2. The van der Waals surface area contributed by atoms with Gasteiger partial charge in [-0.25, -0.2) is 0 Å². The van der Waals surface area contributed by atoms with Crippen LogP contribution in [0.15, 0.2) is 0 Å². The molecule has 0 fully saturated rings. The molecule has 0 unspecified atom stereocenters. The largest absolute Gasteiger partial charge is 0.421 e. The monoisotopic (exact) mass is 192 g/mol. The van der Waals surface area contributed by atoms with Gasteiger partial charge >= 0.3 is 0 Å². The first kappa shape index (κ1) is 12.1. The molecule has 0 aromatic heterocycles. The van der Waals surface area contributed by atoms with Gasteiger partial charge in [-0.1, -0.05) is 13.8 Å². The van der Waals surface area contributed by atoms with Crippen molar-refractivity contribution in [3.8, 4) is 0 Å². The van der Waals surface area contributed by atoms with Gasteiger partial charge in [-0.2, -0.15) is 0 Å². The summed E-state index contributed by atoms with van der Waals surface area (Å²) in [6.45, 7) is 5.71. The van der Waals surface area contributed by atoms with Crippen molar-refractivity contribution in [1.29, 1.82) is 0 Å². The number of hydrogen-bond acceptors (Lipinski definition) is 3. The second kappa shape index (κ2) is 9.19. The summed E-state index contributed by atoms with van der Waals surface area (Å²) in [5.74, 6) is -0.0464. The van der Waals surface area contributed by atoms with E-state index in [-0.39, 0.29) is 5.91 Å². The molecule has 0 spiro atoms. The first-order valence-electron chi connectivity index (χ1n) is 4.57. The van der Waals surface area contributed by atoms with Crippen LogP contribution < -0.4 is 0 Å². The first-order chi connectivity index (χ1) is 5.85. The van der Waals surface area contributed by atoms with E-state index in [1.807, 2.05) is 0 Å². The number of rotatable bonds is 8. The van der Waals surface area contributed by atoms with Gasteiger partial charge in [-0.15, -0.1) is 0 Å². The van der Waals surface area contributed by atoms with Crippen LogP contribution in [-0.2, 0) is 13.9 Å². The number of hydrogen-bond donors (Lipinski definition) is 0. The summed E-state index contributed by atoms with van der Waals surface area (Å²) in [5.41, 5.74) is 0. The van der Waals surface area contributed by atoms with Crippen molar-refractivity contribution < 1.29 is 13.9 Å². The lowest BCUT2D eigenvalue weighted by atomic mass is 10.5. The molecule has 0 N–H and O–H groups in total. The lowest BCUT2D eigenvalue weighted by molar-refractivity contribution is -0.0963. The van der Waals surface area contributed by atoms with E-state index in [0.29, 0.717) is 0 Å². The SMILES string of the molecule is CCCOC(OCCC)[SiH2]OC. The fourth-order valence-electron chi connectivity index (χ4n) is 0.779. The maximum Gasteiger partial charge on any atom is 0.223 e. The van der Waals surface area contributed by atoms with E-state index < -0.39 is 9.76 Å². The van der Waals surface area contributed by atoms with E-state index in [9.17, 15) is 0 Å². The fourth-order valence-corrected chi connectivity index (χ4v) is 1.58. The molecule has 0 aliphatic carbocycles. The summed E-state index contributed by atoms with van der Waals surface area (Å²) in [7, 11) is 1.06. The van der Waals surface area contributed by atoms with Crippen LogP contribution in [0.3, 0.4) is 0 Å². The average molecular weight is 192 g/mol. The molecule has 0 heterocycles. The Kier molecular flexibility index (Phi) is 9.26. The van der Waals surface area contributed by atoms with Crippen molar-refractivity contribution in [2.75, 3.05) is 20.3 Å². The second-order valence-corrected chi connectivity index (χ2v) is 4.20. The quantitative estimate of drug-likeness (QED) is 0.421. The molecular weight excluding hydrogens is 172 g/mol. The molecule has 0 aromatic carbocycles. The van der Waals surface area contributed by atoms with Crippen molar-refractivity contribution in [1.82, 2.24) is 0 Å². The van der Waals surface area contributed by atoms with Crippen LogP contribution in [0.2, 0.25) is 0 Å². The highest BCUT2D eigenvalue weighted by Crippen LogP contribution is 1.96. The van der Waals surface area contributed by atoms with Gasteiger partial charge in [-0.3, -0.25) is 0 Å². The van der Waals surface area contributed by atoms with Gasteiger partial charge in [0, 0.05) is 20.3 Å². The summed E-state index contributed by atoms with van der Waals surface area (Å²) in [4.78, 5) is 0. The molecule has 3 nitrogen and oxygen atoms in total. The van der Waals surface area contributed by atoms with Gasteiger partial charge in [0.25, 0.3) is 0 Å². The van der Waals surface area contributed by atoms with Gasteiger partial charge in [-0.05, 0) is 12.8 Å². The third-order valence-corrected chi connectivity index (χ3v) is 2.40. The van der Waals surface area contributed by atoms with Crippen LogP contribution in [-0.4, -0.2) is 36.0 Å². The summed E-state index contributed by atoms with van der Waals surface area (Å²) < 4.78 is 16.0. The Hall–Kier alpha value is 0.0969. The zero-order valence-corrected chi connectivity index (χ0v) is 9.75. The van der Waals surface area contributed by atoms with E-state index in [2.05, 4.69) is 13.8 Å². The predicted molar refractivity (Wildman–Crippen MR) is 51.8 cm³/mol. The van der Waals surface area contributed by atoms with E-state index in [1.54, 1.807) is 7.11 Å². The van der Waals surface area contributed by atoms with Gasteiger partial charge in [0.1, 0.15) is 0 Å². The Labute approximate surface area is 77.3 Å². The van der Waals surface area contributed by atoms with Crippen LogP contribution in [0, 0.1) is 0 Å². The Morgan fingerprint density at radius 2 is 1.58 bits per heavy atom. The van der Waals surface area contributed by atoms with Gasteiger partial charge in [0.2, 0.25) is 9.76 Å². The summed E-state index contributed by atoms with van der Waals surface area (Å²) in [5, 5.41) is 0. The zero-order valence-electron chi connectivity index (χ0n) is 8.34. The molecule has 0 radical (unpaired) electrons. The van der Waals surface area contributed by atoms with Crippen LogP contribution in [0.4, 0.5) is 0 Å². The van der Waals surface area contributed by atoms with E-state index in [4.69, 9.17) is 13.9 Å². The third kappa shape index (κ3) is 6.79. The minimum absolute atomic E-state index is 0.0464. The van der Waals surface area contributed by atoms with Crippen molar-refractivity contribution >= 4 is 9.76 Å². The second-order valence-electron chi connectivity index (χ2n) is 2.63. The summed E-state index contributed by atoms with van der Waals surface area (Å²) in [6, 6.07) is 0. The molecular formula is C8H20O3Si. The molecule has 74 valence electrons. The molecule has 0 aliphatic rings. The third-order valence-electron chi connectivity index (χ3n) is 1.32. The van der Waals surface area contributed by atoms with Crippen molar-refractivity contribution in [2.45, 2.75) is 32.6 Å². The van der Waals surface area contributed by atoms with E-state index in [0.717, 1.165) is 26.1 Å². The minimum atomic E-state index is -0.649. The molecule has 0 atom stereocenters. The van der Waals surface area contributed by atoms with Crippen molar-refractivity contribution in [2.24, 2.45) is 0 Å².